The smallest absolute Gasteiger partial charge is 0.275 e. The maximum absolute atomic E-state index is 12.5. The number of rotatable bonds is 5. The lowest BCUT2D eigenvalue weighted by atomic mass is 10.1. The number of amides is 2. The Bertz CT molecular complexity index is 951. The molecule has 1 N–H and O–H groups in total. The monoisotopic (exact) mass is 348 g/mol. The second-order valence-electron chi connectivity index (χ2n) is 5.76. The van der Waals surface area contributed by atoms with Crippen LogP contribution in [0.15, 0.2) is 54.7 Å². The molecule has 0 unspecified atom stereocenters. The second-order valence-corrected chi connectivity index (χ2v) is 5.76. The standard InChI is InChI=1S/C20H20N4O2/c1-3-24(4-2)20(26)14-8-7-9-15(12-14)22-19(25)18-13-21-16-10-5-6-11-17(16)23-18/h5-13H,3-4H2,1-2H3,(H,22,25). The van der Waals surface area contributed by atoms with Gasteiger partial charge in [-0.3, -0.25) is 14.6 Å². The Morgan fingerprint density at radius 2 is 1.73 bits per heavy atom. The Morgan fingerprint density at radius 3 is 2.46 bits per heavy atom. The lowest BCUT2D eigenvalue weighted by Crippen LogP contribution is -2.30. The Hall–Kier alpha value is -3.28. The van der Waals surface area contributed by atoms with Crippen LogP contribution in [-0.2, 0) is 0 Å². The van der Waals surface area contributed by atoms with Crippen LogP contribution in [0.2, 0.25) is 0 Å². The summed E-state index contributed by atoms with van der Waals surface area (Å²) >= 11 is 0. The van der Waals surface area contributed by atoms with Crippen LogP contribution >= 0.6 is 0 Å². The molecule has 0 saturated heterocycles. The molecule has 0 radical (unpaired) electrons. The largest absolute Gasteiger partial charge is 0.339 e. The van der Waals surface area contributed by atoms with Crippen molar-refractivity contribution in [3.8, 4) is 0 Å². The summed E-state index contributed by atoms with van der Waals surface area (Å²) in [4.78, 5) is 35.2. The summed E-state index contributed by atoms with van der Waals surface area (Å²) in [5.74, 6) is -0.424. The minimum Gasteiger partial charge on any atom is -0.339 e. The number of fused-ring (bicyclic) bond motifs is 1. The van der Waals surface area contributed by atoms with E-state index in [9.17, 15) is 9.59 Å². The van der Waals surface area contributed by atoms with Crippen molar-refractivity contribution in [1.29, 1.82) is 0 Å². The zero-order valence-corrected chi connectivity index (χ0v) is 14.8. The van der Waals surface area contributed by atoms with Crippen LogP contribution in [0.4, 0.5) is 5.69 Å². The van der Waals surface area contributed by atoms with Gasteiger partial charge in [0.1, 0.15) is 5.69 Å². The summed E-state index contributed by atoms with van der Waals surface area (Å²) in [5, 5.41) is 2.78. The number of anilines is 1. The Balaban J connectivity index is 1.80. The van der Waals surface area contributed by atoms with E-state index in [1.54, 1.807) is 29.2 Å². The molecule has 0 saturated carbocycles. The van der Waals surface area contributed by atoms with Gasteiger partial charge in [-0.15, -0.1) is 0 Å². The lowest BCUT2D eigenvalue weighted by molar-refractivity contribution is 0.0772. The summed E-state index contributed by atoms with van der Waals surface area (Å²) in [6.45, 7) is 5.15. The van der Waals surface area contributed by atoms with Crippen molar-refractivity contribution in [2.45, 2.75) is 13.8 Å². The molecule has 6 heteroatoms. The highest BCUT2D eigenvalue weighted by molar-refractivity contribution is 6.04. The first-order valence-electron chi connectivity index (χ1n) is 8.54. The predicted molar refractivity (Wildman–Crippen MR) is 101 cm³/mol. The molecule has 3 aromatic rings. The van der Waals surface area contributed by atoms with Gasteiger partial charge in [0.25, 0.3) is 11.8 Å². The predicted octanol–water partition coefficient (Wildman–Crippen LogP) is 3.36. The van der Waals surface area contributed by atoms with Gasteiger partial charge in [0, 0.05) is 24.3 Å². The number of hydrogen-bond donors (Lipinski definition) is 1. The van der Waals surface area contributed by atoms with Crippen molar-refractivity contribution >= 4 is 28.5 Å². The maximum Gasteiger partial charge on any atom is 0.275 e. The van der Waals surface area contributed by atoms with Crippen LogP contribution in [-0.4, -0.2) is 39.8 Å². The van der Waals surface area contributed by atoms with E-state index >= 15 is 0 Å². The first kappa shape index (κ1) is 17.5. The van der Waals surface area contributed by atoms with Gasteiger partial charge in [-0.25, -0.2) is 4.98 Å². The van der Waals surface area contributed by atoms with Gasteiger partial charge >= 0.3 is 0 Å². The van der Waals surface area contributed by atoms with Gasteiger partial charge in [-0.1, -0.05) is 18.2 Å². The van der Waals surface area contributed by atoms with Gasteiger partial charge < -0.3 is 10.2 Å². The topological polar surface area (TPSA) is 75.2 Å². The van der Waals surface area contributed by atoms with Crippen LogP contribution in [0.1, 0.15) is 34.7 Å². The summed E-state index contributed by atoms with van der Waals surface area (Å²) < 4.78 is 0. The summed E-state index contributed by atoms with van der Waals surface area (Å²) in [6.07, 6.45) is 1.45. The molecule has 2 aromatic carbocycles. The van der Waals surface area contributed by atoms with Gasteiger partial charge in [-0.2, -0.15) is 0 Å². The molecule has 6 nitrogen and oxygen atoms in total. The summed E-state index contributed by atoms with van der Waals surface area (Å²) in [7, 11) is 0. The van der Waals surface area contributed by atoms with Crippen molar-refractivity contribution < 1.29 is 9.59 Å². The van der Waals surface area contributed by atoms with Crippen molar-refractivity contribution in [1.82, 2.24) is 14.9 Å². The molecule has 0 atom stereocenters. The third-order valence-corrected chi connectivity index (χ3v) is 4.10. The Labute approximate surface area is 151 Å². The fourth-order valence-corrected chi connectivity index (χ4v) is 2.69. The molecule has 0 spiro atoms. The van der Waals surface area contributed by atoms with Crippen LogP contribution in [0.5, 0.6) is 0 Å². The average molecular weight is 348 g/mol. The molecule has 0 bridgehead atoms. The molecule has 26 heavy (non-hydrogen) atoms. The first-order chi connectivity index (χ1) is 12.6. The zero-order valence-electron chi connectivity index (χ0n) is 14.8. The molecule has 0 aliphatic rings. The van der Waals surface area contributed by atoms with Crippen LogP contribution in [0.25, 0.3) is 11.0 Å². The van der Waals surface area contributed by atoms with Gasteiger partial charge in [0.05, 0.1) is 17.2 Å². The highest BCUT2D eigenvalue weighted by atomic mass is 16.2. The molecule has 0 aliphatic carbocycles. The minimum atomic E-state index is -0.365. The molecule has 0 aliphatic heterocycles. The molecular weight excluding hydrogens is 328 g/mol. The number of hydrogen-bond acceptors (Lipinski definition) is 4. The number of carbonyl (C=O) groups is 2. The van der Waals surface area contributed by atoms with Crippen molar-refractivity contribution in [2.75, 3.05) is 18.4 Å². The lowest BCUT2D eigenvalue weighted by Gasteiger charge is -2.19. The van der Waals surface area contributed by atoms with E-state index in [0.29, 0.717) is 29.9 Å². The fraction of sp³-hybridized carbons (Fsp3) is 0.200. The Morgan fingerprint density at radius 1 is 1.00 bits per heavy atom. The molecule has 132 valence electrons. The van der Waals surface area contributed by atoms with Crippen LogP contribution < -0.4 is 5.32 Å². The highest BCUT2D eigenvalue weighted by Gasteiger charge is 2.14. The number of aromatic nitrogens is 2. The molecule has 1 aromatic heterocycles. The van der Waals surface area contributed by atoms with E-state index in [1.165, 1.54) is 6.20 Å². The number of para-hydroxylation sites is 2. The number of nitrogens with one attached hydrogen (secondary N) is 1. The van der Waals surface area contributed by atoms with E-state index < -0.39 is 0 Å². The van der Waals surface area contributed by atoms with Crippen molar-refractivity contribution in [3.05, 3.63) is 66.0 Å². The minimum absolute atomic E-state index is 0.0587. The van der Waals surface area contributed by atoms with Crippen molar-refractivity contribution in [2.24, 2.45) is 0 Å². The highest BCUT2D eigenvalue weighted by Crippen LogP contribution is 2.15. The Kier molecular flexibility index (Phi) is 5.22. The third-order valence-electron chi connectivity index (χ3n) is 4.10. The summed E-state index contributed by atoms with van der Waals surface area (Å²) in [6, 6.07) is 14.3. The SMILES string of the molecule is CCN(CC)C(=O)c1cccc(NC(=O)c2cnc3ccccc3n2)c1. The second kappa shape index (κ2) is 7.74. The first-order valence-corrected chi connectivity index (χ1v) is 8.54. The fourth-order valence-electron chi connectivity index (χ4n) is 2.69. The van der Waals surface area contributed by atoms with Gasteiger partial charge in [-0.05, 0) is 44.2 Å². The maximum atomic E-state index is 12.5. The van der Waals surface area contributed by atoms with Gasteiger partial charge in [0.15, 0.2) is 0 Å². The molecule has 2 amide bonds. The molecule has 3 rings (SSSR count). The quantitative estimate of drug-likeness (QED) is 0.767. The van der Waals surface area contributed by atoms with Crippen molar-refractivity contribution in [3.63, 3.8) is 0 Å². The third kappa shape index (κ3) is 3.69. The van der Waals surface area contributed by atoms with E-state index in [-0.39, 0.29) is 17.5 Å². The zero-order chi connectivity index (χ0) is 18.5. The number of benzene rings is 2. The van der Waals surface area contributed by atoms with Gasteiger partial charge in [0.2, 0.25) is 0 Å². The van der Waals surface area contributed by atoms with E-state index in [4.69, 9.17) is 0 Å². The molecule has 1 heterocycles. The number of carbonyl (C=O) groups excluding carboxylic acids is 2. The van der Waals surface area contributed by atoms with Crippen LogP contribution in [0, 0.1) is 0 Å². The van der Waals surface area contributed by atoms with Crippen LogP contribution in [0.3, 0.4) is 0 Å². The average Bonchev–Trinajstić information content (AvgIpc) is 2.68. The summed E-state index contributed by atoms with van der Waals surface area (Å²) in [5.41, 5.74) is 2.70. The van der Waals surface area contributed by atoms with E-state index in [1.807, 2.05) is 38.1 Å². The van der Waals surface area contributed by atoms with E-state index in [2.05, 4.69) is 15.3 Å². The van der Waals surface area contributed by atoms with E-state index in [0.717, 1.165) is 5.52 Å². The molecular formula is C20H20N4O2. The normalized spacial score (nSPS) is 10.5. The molecule has 0 fully saturated rings. The number of nitrogens with zero attached hydrogens (tertiary/aromatic N) is 3.